The Kier molecular flexibility index (Phi) is 6.40. The third-order valence-electron chi connectivity index (χ3n) is 4.74. The van der Waals surface area contributed by atoms with Crippen molar-refractivity contribution in [2.75, 3.05) is 11.9 Å². The van der Waals surface area contributed by atoms with E-state index in [9.17, 15) is 14.7 Å². The van der Waals surface area contributed by atoms with E-state index >= 15 is 0 Å². The molecule has 0 fully saturated rings. The van der Waals surface area contributed by atoms with E-state index in [0.717, 1.165) is 28.3 Å². The summed E-state index contributed by atoms with van der Waals surface area (Å²) >= 11 is 0. The number of hydrogen-bond donors (Lipinski definition) is 3. The van der Waals surface area contributed by atoms with Gasteiger partial charge in [-0.2, -0.15) is 0 Å². The second-order valence-corrected chi connectivity index (χ2v) is 6.59. The summed E-state index contributed by atoms with van der Waals surface area (Å²) < 4.78 is 0. The summed E-state index contributed by atoms with van der Waals surface area (Å²) in [5, 5.41) is 17.8. The minimum Gasteiger partial charge on any atom is -0.388 e. The maximum absolute atomic E-state index is 12.1. The number of fused-ring (bicyclic) bond motifs is 1. The molecule has 5 heteroatoms. The van der Waals surface area contributed by atoms with Crippen molar-refractivity contribution in [1.82, 2.24) is 5.32 Å². The minimum absolute atomic E-state index is 0.200. The Morgan fingerprint density at radius 2 is 1.64 bits per heavy atom. The Bertz CT molecular complexity index is 979. The highest BCUT2D eigenvalue weighted by molar-refractivity contribution is 6.39. The number of aliphatic hydroxyl groups is 1. The van der Waals surface area contributed by atoms with Gasteiger partial charge in [0.1, 0.15) is 0 Å². The van der Waals surface area contributed by atoms with Crippen molar-refractivity contribution in [2.24, 2.45) is 0 Å². The Balaban J connectivity index is 1.55. The predicted molar refractivity (Wildman–Crippen MR) is 111 cm³/mol. The van der Waals surface area contributed by atoms with Crippen LogP contribution in [0, 0.1) is 0 Å². The molecule has 144 valence electrons. The van der Waals surface area contributed by atoms with E-state index in [2.05, 4.69) is 10.6 Å². The van der Waals surface area contributed by atoms with Crippen LogP contribution in [-0.4, -0.2) is 23.5 Å². The number of para-hydroxylation sites is 1. The number of anilines is 1. The number of rotatable bonds is 6. The maximum Gasteiger partial charge on any atom is 0.313 e. The average molecular weight is 376 g/mol. The average Bonchev–Trinajstić information content (AvgIpc) is 2.73. The van der Waals surface area contributed by atoms with Crippen molar-refractivity contribution in [3.05, 3.63) is 77.9 Å². The van der Waals surface area contributed by atoms with E-state index in [1.807, 2.05) is 67.6 Å². The molecule has 5 nitrogen and oxygen atoms in total. The van der Waals surface area contributed by atoms with Crippen molar-refractivity contribution < 1.29 is 14.7 Å². The predicted octanol–water partition coefficient (Wildman–Crippen LogP) is 3.58. The van der Waals surface area contributed by atoms with Crippen LogP contribution in [0.2, 0.25) is 0 Å². The van der Waals surface area contributed by atoms with Crippen LogP contribution in [0.5, 0.6) is 0 Å². The van der Waals surface area contributed by atoms with E-state index in [-0.39, 0.29) is 6.54 Å². The lowest BCUT2D eigenvalue weighted by atomic mass is 9.99. The molecule has 0 aliphatic heterocycles. The van der Waals surface area contributed by atoms with Crippen LogP contribution in [0.4, 0.5) is 5.69 Å². The van der Waals surface area contributed by atoms with Crippen molar-refractivity contribution in [3.63, 3.8) is 0 Å². The first kappa shape index (κ1) is 19.6. The van der Waals surface area contributed by atoms with Gasteiger partial charge in [0.15, 0.2) is 0 Å². The Labute approximate surface area is 164 Å². The second-order valence-electron chi connectivity index (χ2n) is 6.59. The zero-order chi connectivity index (χ0) is 19.9. The normalized spacial score (nSPS) is 11.8. The van der Waals surface area contributed by atoms with Crippen LogP contribution in [0.25, 0.3) is 10.8 Å². The summed E-state index contributed by atoms with van der Waals surface area (Å²) in [7, 11) is 0. The number of carbonyl (C=O) groups excluding carboxylic acids is 2. The van der Waals surface area contributed by atoms with Crippen LogP contribution in [0.1, 0.15) is 30.6 Å². The highest BCUT2D eigenvalue weighted by atomic mass is 16.3. The van der Waals surface area contributed by atoms with Gasteiger partial charge in [0, 0.05) is 12.2 Å². The molecule has 0 saturated carbocycles. The van der Waals surface area contributed by atoms with Gasteiger partial charge in [-0.25, -0.2) is 0 Å². The van der Waals surface area contributed by atoms with Crippen LogP contribution in [0.15, 0.2) is 66.7 Å². The van der Waals surface area contributed by atoms with Crippen LogP contribution >= 0.6 is 0 Å². The smallest absolute Gasteiger partial charge is 0.313 e. The van der Waals surface area contributed by atoms with Crippen LogP contribution < -0.4 is 10.6 Å². The van der Waals surface area contributed by atoms with Gasteiger partial charge < -0.3 is 15.7 Å². The van der Waals surface area contributed by atoms with E-state index in [1.165, 1.54) is 0 Å². The molecule has 1 atom stereocenters. The van der Waals surface area contributed by atoms with Gasteiger partial charge in [0.05, 0.1) is 6.10 Å². The fraction of sp³-hybridized carbons (Fsp3) is 0.217. The molecule has 0 bridgehead atoms. The third kappa shape index (κ3) is 4.56. The summed E-state index contributed by atoms with van der Waals surface area (Å²) in [6.07, 6.45) is 0.351. The molecule has 3 aromatic rings. The van der Waals surface area contributed by atoms with Gasteiger partial charge in [0.2, 0.25) is 0 Å². The number of nitrogens with one attached hydrogen (secondary N) is 2. The molecule has 3 rings (SSSR count). The highest BCUT2D eigenvalue weighted by Crippen LogP contribution is 2.25. The molecule has 0 radical (unpaired) electrons. The number of amides is 2. The van der Waals surface area contributed by atoms with E-state index < -0.39 is 17.9 Å². The largest absolute Gasteiger partial charge is 0.388 e. The first-order valence-electron chi connectivity index (χ1n) is 9.43. The molecular formula is C23H24N2O3. The fourth-order valence-electron chi connectivity index (χ4n) is 3.23. The van der Waals surface area contributed by atoms with Gasteiger partial charge in [-0.3, -0.25) is 9.59 Å². The Hall–Kier alpha value is -3.18. The van der Waals surface area contributed by atoms with Gasteiger partial charge in [0.25, 0.3) is 0 Å². The summed E-state index contributed by atoms with van der Waals surface area (Å²) in [5.74, 6) is -1.42. The number of carbonyl (C=O) groups is 2. The molecule has 28 heavy (non-hydrogen) atoms. The molecule has 0 spiro atoms. The van der Waals surface area contributed by atoms with Gasteiger partial charge in [-0.1, -0.05) is 67.6 Å². The summed E-state index contributed by atoms with van der Waals surface area (Å²) in [6, 6.07) is 21.0. The zero-order valence-corrected chi connectivity index (χ0v) is 15.8. The Morgan fingerprint density at radius 1 is 0.929 bits per heavy atom. The molecular weight excluding hydrogens is 352 g/mol. The first-order chi connectivity index (χ1) is 13.6. The molecule has 3 N–H and O–H groups in total. The minimum atomic E-state index is -0.727. The maximum atomic E-state index is 12.1. The van der Waals surface area contributed by atoms with E-state index in [0.29, 0.717) is 12.1 Å². The standard InChI is InChI=1S/C23H24N2O3/c1-2-16-8-4-6-13-20(16)25-23(28)22(27)24-15-14-21(26)19-12-7-10-17-9-3-5-11-18(17)19/h3-13,21,26H,2,14-15H2,1H3,(H,24,27)(H,25,28). The number of hydrogen-bond acceptors (Lipinski definition) is 3. The lowest BCUT2D eigenvalue weighted by molar-refractivity contribution is -0.136. The SMILES string of the molecule is CCc1ccccc1NC(=O)C(=O)NCCC(O)c1cccc2ccccc12. The molecule has 1 unspecified atom stereocenters. The summed E-state index contributed by atoms with van der Waals surface area (Å²) in [4.78, 5) is 24.2. The number of aliphatic hydroxyl groups excluding tert-OH is 1. The van der Waals surface area contributed by atoms with Gasteiger partial charge in [-0.05, 0) is 40.8 Å². The lowest BCUT2D eigenvalue weighted by Gasteiger charge is -2.14. The molecule has 0 aliphatic carbocycles. The second kappa shape index (κ2) is 9.15. The number of aryl methyl sites for hydroxylation is 1. The van der Waals surface area contributed by atoms with Crippen molar-refractivity contribution >= 4 is 28.3 Å². The summed E-state index contributed by atoms with van der Waals surface area (Å²) in [6.45, 7) is 2.19. The molecule has 2 amide bonds. The zero-order valence-electron chi connectivity index (χ0n) is 15.8. The van der Waals surface area contributed by atoms with Crippen molar-refractivity contribution in [1.29, 1.82) is 0 Å². The molecule has 0 aliphatic rings. The van der Waals surface area contributed by atoms with Gasteiger partial charge >= 0.3 is 11.8 Å². The van der Waals surface area contributed by atoms with Crippen molar-refractivity contribution in [2.45, 2.75) is 25.9 Å². The molecule has 0 aromatic heterocycles. The lowest BCUT2D eigenvalue weighted by Crippen LogP contribution is -2.36. The molecule has 0 heterocycles. The quantitative estimate of drug-likeness (QED) is 0.576. The highest BCUT2D eigenvalue weighted by Gasteiger charge is 2.16. The fourth-order valence-corrected chi connectivity index (χ4v) is 3.23. The summed E-state index contributed by atoms with van der Waals surface area (Å²) in [5.41, 5.74) is 2.42. The van der Waals surface area contributed by atoms with Crippen LogP contribution in [-0.2, 0) is 16.0 Å². The Morgan fingerprint density at radius 3 is 2.46 bits per heavy atom. The molecule has 0 saturated heterocycles. The monoisotopic (exact) mass is 376 g/mol. The topological polar surface area (TPSA) is 78.4 Å². The molecule has 3 aromatic carbocycles. The van der Waals surface area contributed by atoms with Crippen LogP contribution in [0.3, 0.4) is 0 Å². The van der Waals surface area contributed by atoms with E-state index in [1.54, 1.807) is 6.07 Å². The van der Waals surface area contributed by atoms with Crippen molar-refractivity contribution in [3.8, 4) is 0 Å². The van der Waals surface area contributed by atoms with Gasteiger partial charge in [-0.15, -0.1) is 0 Å². The number of benzene rings is 3. The third-order valence-corrected chi connectivity index (χ3v) is 4.74. The first-order valence-corrected chi connectivity index (χ1v) is 9.43. The van der Waals surface area contributed by atoms with E-state index in [4.69, 9.17) is 0 Å².